The average molecular weight is 466 g/mol. The van der Waals surface area contributed by atoms with Gasteiger partial charge in [0.15, 0.2) is 6.61 Å². The van der Waals surface area contributed by atoms with Crippen LogP contribution in [0.4, 0.5) is 4.79 Å². The first-order valence-corrected chi connectivity index (χ1v) is 11.8. The topological polar surface area (TPSA) is 79.4 Å². The number of benzene rings is 2. The highest BCUT2D eigenvalue weighted by Crippen LogP contribution is 2.29. The van der Waals surface area contributed by atoms with Crippen LogP contribution >= 0.6 is 0 Å². The molecule has 34 heavy (non-hydrogen) atoms. The van der Waals surface area contributed by atoms with Gasteiger partial charge in [-0.15, -0.1) is 0 Å². The summed E-state index contributed by atoms with van der Waals surface area (Å²) in [7, 11) is 0. The van der Waals surface area contributed by atoms with E-state index >= 15 is 0 Å². The predicted octanol–water partition coefficient (Wildman–Crippen LogP) is 2.87. The number of aryl methyl sites for hydroxylation is 1. The van der Waals surface area contributed by atoms with E-state index in [1.54, 1.807) is 22.8 Å². The molecule has 2 aromatic rings. The van der Waals surface area contributed by atoms with Gasteiger partial charge in [0.25, 0.3) is 11.8 Å². The van der Waals surface area contributed by atoms with E-state index in [-0.39, 0.29) is 24.5 Å². The third kappa shape index (κ3) is 5.16. The predicted molar refractivity (Wildman–Crippen MR) is 127 cm³/mol. The van der Waals surface area contributed by atoms with E-state index in [2.05, 4.69) is 19.1 Å². The first-order chi connectivity index (χ1) is 16.5. The van der Waals surface area contributed by atoms with Crippen LogP contribution in [0.2, 0.25) is 0 Å². The molecule has 0 spiro atoms. The Morgan fingerprint density at radius 2 is 1.68 bits per heavy atom. The maximum Gasteiger partial charge on any atom is 0.409 e. The molecule has 8 nitrogen and oxygen atoms in total. The summed E-state index contributed by atoms with van der Waals surface area (Å²) >= 11 is 0. The molecule has 3 amide bonds. The van der Waals surface area contributed by atoms with Gasteiger partial charge in [-0.3, -0.25) is 9.59 Å². The molecule has 2 aromatic carbocycles. The Morgan fingerprint density at radius 1 is 0.941 bits per heavy atom. The first-order valence-electron chi connectivity index (χ1n) is 11.8. The molecule has 2 aliphatic heterocycles. The molecule has 0 aliphatic carbocycles. The lowest BCUT2D eigenvalue weighted by atomic mass is 9.97. The third-order valence-electron chi connectivity index (χ3n) is 6.41. The Morgan fingerprint density at radius 3 is 2.41 bits per heavy atom. The van der Waals surface area contributed by atoms with E-state index in [1.165, 1.54) is 5.56 Å². The van der Waals surface area contributed by atoms with Gasteiger partial charge in [0.1, 0.15) is 5.75 Å². The summed E-state index contributed by atoms with van der Waals surface area (Å²) < 4.78 is 10.9. The minimum absolute atomic E-state index is 0.0173. The summed E-state index contributed by atoms with van der Waals surface area (Å²) in [6.07, 6.45) is 0.332. The Labute approximate surface area is 200 Å². The molecule has 2 heterocycles. The van der Waals surface area contributed by atoms with Gasteiger partial charge in [-0.2, -0.15) is 0 Å². The minimum atomic E-state index is -0.345. The Balaban J connectivity index is 1.35. The summed E-state index contributed by atoms with van der Waals surface area (Å²) in [5.74, 6) is 0.431. The number of hydrogen-bond acceptors (Lipinski definition) is 5. The maximum absolute atomic E-state index is 13.2. The van der Waals surface area contributed by atoms with Crippen LogP contribution in [0.5, 0.6) is 5.75 Å². The molecule has 2 aliphatic rings. The number of nitrogens with zero attached hydrogens (tertiary/aromatic N) is 3. The maximum atomic E-state index is 13.2. The van der Waals surface area contributed by atoms with Crippen molar-refractivity contribution in [1.29, 1.82) is 0 Å². The zero-order valence-corrected chi connectivity index (χ0v) is 19.8. The number of piperazine rings is 1. The van der Waals surface area contributed by atoms with Crippen LogP contribution in [-0.4, -0.2) is 78.5 Å². The Hall–Kier alpha value is -3.55. The van der Waals surface area contributed by atoms with Crippen molar-refractivity contribution in [2.45, 2.75) is 26.8 Å². The molecule has 8 heteroatoms. The average Bonchev–Trinajstić information content (AvgIpc) is 2.86. The van der Waals surface area contributed by atoms with E-state index in [0.29, 0.717) is 63.6 Å². The largest absolute Gasteiger partial charge is 0.483 e. The van der Waals surface area contributed by atoms with Crippen molar-refractivity contribution >= 4 is 17.9 Å². The fraction of sp³-hybridized carbons (Fsp3) is 0.423. The monoisotopic (exact) mass is 465 g/mol. The zero-order valence-electron chi connectivity index (χ0n) is 19.8. The van der Waals surface area contributed by atoms with Gasteiger partial charge in [0.05, 0.1) is 6.61 Å². The van der Waals surface area contributed by atoms with E-state index in [1.807, 2.05) is 29.2 Å². The van der Waals surface area contributed by atoms with Crippen molar-refractivity contribution < 1.29 is 23.9 Å². The van der Waals surface area contributed by atoms with Crippen LogP contribution < -0.4 is 4.74 Å². The van der Waals surface area contributed by atoms with E-state index < -0.39 is 0 Å². The van der Waals surface area contributed by atoms with Gasteiger partial charge in [0.2, 0.25) is 0 Å². The molecule has 0 radical (unpaired) electrons. The number of rotatable bonds is 6. The SMILES string of the molecule is CCOC(=O)N1CCN(C(=O)COc2cccc3c2CCN(Cc2ccccc2C)C3=O)CC1. The van der Waals surface area contributed by atoms with Gasteiger partial charge >= 0.3 is 6.09 Å². The number of carbonyl (C=O) groups is 3. The van der Waals surface area contributed by atoms with Crippen molar-refractivity contribution in [3.8, 4) is 5.75 Å². The van der Waals surface area contributed by atoms with Crippen molar-refractivity contribution in [2.75, 3.05) is 45.9 Å². The molecule has 0 unspecified atom stereocenters. The van der Waals surface area contributed by atoms with Crippen LogP contribution in [0, 0.1) is 6.92 Å². The highest BCUT2D eigenvalue weighted by Gasteiger charge is 2.28. The molecular formula is C26H31N3O5. The minimum Gasteiger partial charge on any atom is -0.483 e. The Kier molecular flexibility index (Phi) is 7.35. The standard InChI is InChI=1S/C26H31N3O5/c1-3-33-26(32)28-15-13-27(14-16-28)24(30)18-34-23-10-6-9-22-21(23)11-12-29(25(22)31)17-20-8-5-4-7-19(20)2/h4-10H,3,11-18H2,1-2H3. The van der Waals surface area contributed by atoms with Gasteiger partial charge in [-0.1, -0.05) is 30.3 Å². The molecule has 0 saturated carbocycles. The number of ether oxygens (including phenoxy) is 2. The number of hydrogen-bond donors (Lipinski definition) is 0. The summed E-state index contributed by atoms with van der Waals surface area (Å²) in [6, 6.07) is 13.5. The normalized spacial score (nSPS) is 15.7. The summed E-state index contributed by atoms with van der Waals surface area (Å²) in [4.78, 5) is 42.8. The highest BCUT2D eigenvalue weighted by molar-refractivity contribution is 5.97. The van der Waals surface area contributed by atoms with Gasteiger partial charge in [-0.25, -0.2) is 4.79 Å². The Bertz CT molecular complexity index is 1060. The molecule has 0 bridgehead atoms. The zero-order chi connectivity index (χ0) is 24.1. The van der Waals surface area contributed by atoms with Gasteiger partial charge in [0, 0.05) is 50.4 Å². The first kappa shape index (κ1) is 23.6. The molecule has 180 valence electrons. The van der Waals surface area contributed by atoms with E-state index in [9.17, 15) is 14.4 Å². The molecule has 0 atom stereocenters. The van der Waals surface area contributed by atoms with Crippen molar-refractivity contribution in [3.05, 3.63) is 64.7 Å². The number of amides is 3. The van der Waals surface area contributed by atoms with Crippen molar-refractivity contribution in [3.63, 3.8) is 0 Å². The van der Waals surface area contributed by atoms with Crippen molar-refractivity contribution in [2.24, 2.45) is 0 Å². The van der Waals surface area contributed by atoms with Crippen LogP contribution in [0.15, 0.2) is 42.5 Å². The fourth-order valence-electron chi connectivity index (χ4n) is 4.41. The lowest BCUT2D eigenvalue weighted by Gasteiger charge is -2.34. The van der Waals surface area contributed by atoms with E-state index in [0.717, 1.165) is 11.1 Å². The highest BCUT2D eigenvalue weighted by atomic mass is 16.6. The molecule has 1 saturated heterocycles. The second kappa shape index (κ2) is 10.6. The van der Waals surface area contributed by atoms with Crippen LogP contribution in [0.1, 0.15) is 34.0 Å². The molecule has 0 aromatic heterocycles. The molecule has 4 rings (SSSR count). The molecule has 1 fully saturated rings. The smallest absolute Gasteiger partial charge is 0.409 e. The van der Waals surface area contributed by atoms with Crippen LogP contribution in [0.25, 0.3) is 0 Å². The summed E-state index contributed by atoms with van der Waals surface area (Å²) in [5.41, 5.74) is 3.79. The lowest BCUT2D eigenvalue weighted by molar-refractivity contribution is -0.135. The lowest BCUT2D eigenvalue weighted by Crippen LogP contribution is -2.51. The fourth-order valence-corrected chi connectivity index (χ4v) is 4.41. The third-order valence-corrected chi connectivity index (χ3v) is 6.41. The van der Waals surface area contributed by atoms with Gasteiger partial charge in [-0.05, 0) is 43.5 Å². The van der Waals surface area contributed by atoms with Gasteiger partial charge < -0.3 is 24.2 Å². The number of fused-ring (bicyclic) bond motifs is 1. The summed E-state index contributed by atoms with van der Waals surface area (Å²) in [5, 5.41) is 0. The molecular weight excluding hydrogens is 434 g/mol. The van der Waals surface area contributed by atoms with E-state index in [4.69, 9.17) is 9.47 Å². The summed E-state index contributed by atoms with van der Waals surface area (Å²) in [6.45, 7) is 7.00. The molecule has 0 N–H and O–H groups in total. The second-order valence-corrected chi connectivity index (χ2v) is 8.54. The van der Waals surface area contributed by atoms with Crippen LogP contribution in [-0.2, 0) is 22.5 Å². The quantitative estimate of drug-likeness (QED) is 0.656. The van der Waals surface area contributed by atoms with Crippen LogP contribution in [0.3, 0.4) is 0 Å². The van der Waals surface area contributed by atoms with Crippen molar-refractivity contribution in [1.82, 2.24) is 14.7 Å². The number of carbonyl (C=O) groups excluding carboxylic acids is 3. The second-order valence-electron chi connectivity index (χ2n) is 8.54.